The molecule has 0 atom stereocenters. The van der Waals surface area contributed by atoms with E-state index in [-0.39, 0.29) is 17.6 Å². The van der Waals surface area contributed by atoms with Crippen LogP contribution in [0, 0.1) is 6.92 Å². The number of thioether (sulfide) groups is 1. The Labute approximate surface area is 160 Å². The van der Waals surface area contributed by atoms with Crippen LogP contribution in [0.15, 0.2) is 54.1 Å². The third kappa shape index (κ3) is 5.14. The lowest BCUT2D eigenvalue weighted by molar-refractivity contribution is -0.113. The van der Waals surface area contributed by atoms with Gasteiger partial charge in [-0.15, -0.1) is 10.2 Å². The quantitative estimate of drug-likeness (QED) is 0.635. The Morgan fingerprint density at radius 1 is 1.15 bits per heavy atom. The molecule has 2 aromatic heterocycles. The number of pyridine rings is 1. The van der Waals surface area contributed by atoms with Crippen molar-refractivity contribution in [2.45, 2.75) is 12.1 Å². The van der Waals surface area contributed by atoms with E-state index in [1.54, 1.807) is 47.4 Å². The second kappa shape index (κ2) is 8.45. The molecule has 0 aliphatic rings. The summed E-state index contributed by atoms with van der Waals surface area (Å²) < 4.78 is 1.74. The summed E-state index contributed by atoms with van der Waals surface area (Å²) in [5.41, 5.74) is 2.10. The van der Waals surface area contributed by atoms with E-state index in [0.29, 0.717) is 22.2 Å². The van der Waals surface area contributed by atoms with E-state index in [0.717, 1.165) is 5.56 Å². The van der Waals surface area contributed by atoms with Crippen LogP contribution >= 0.6 is 11.8 Å². The number of nitrogens with one attached hydrogen (secondary N) is 2. The number of benzene rings is 1. The summed E-state index contributed by atoms with van der Waals surface area (Å²) in [7, 11) is 1.82. The van der Waals surface area contributed by atoms with Crippen LogP contribution in [-0.4, -0.2) is 37.3 Å². The van der Waals surface area contributed by atoms with Crippen LogP contribution in [-0.2, 0) is 11.8 Å². The van der Waals surface area contributed by atoms with Crippen molar-refractivity contribution >= 4 is 35.1 Å². The minimum absolute atomic E-state index is 0.163. The molecule has 0 saturated heterocycles. The van der Waals surface area contributed by atoms with Crippen molar-refractivity contribution < 1.29 is 9.59 Å². The number of aryl methyl sites for hydroxylation is 2. The number of aromatic nitrogens is 4. The molecule has 0 bridgehead atoms. The van der Waals surface area contributed by atoms with Crippen LogP contribution in [0.3, 0.4) is 0 Å². The summed E-state index contributed by atoms with van der Waals surface area (Å²) in [5, 5.41) is 13.9. The lowest BCUT2D eigenvalue weighted by Gasteiger charge is -2.07. The van der Waals surface area contributed by atoms with Crippen LogP contribution < -0.4 is 10.6 Å². The number of amides is 2. The molecule has 1 aromatic carbocycles. The van der Waals surface area contributed by atoms with Crippen LogP contribution in [0.2, 0.25) is 0 Å². The Kier molecular flexibility index (Phi) is 5.82. The lowest BCUT2D eigenvalue weighted by Crippen LogP contribution is -2.15. The minimum Gasteiger partial charge on any atom is -0.325 e. The standard InChI is InChI=1S/C18H18N6O2S/c1-12-7-8-19-15(9-12)22-17(26)13-3-5-14(6-4-13)21-16(25)10-27-18-23-20-11-24(18)2/h3-9,11H,10H2,1-2H3,(H,21,25)(H,19,22,26). The van der Waals surface area contributed by atoms with Gasteiger partial charge in [0, 0.05) is 24.5 Å². The molecule has 0 spiro atoms. The molecule has 2 N–H and O–H groups in total. The van der Waals surface area contributed by atoms with Crippen molar-refractivity contribution in [1.29, 1.82) is 0 Å². The maximum atomic E-state index is 12.3. The van der Waals surface area contributed by atoms with Crippen molar-refractivity contribution in [3.8, 4) is 0 Å². The summed E-state index contributed by atoms with van der Waals surface area (Å²) in [6.07, 6.45) is 3.22. The van der Waals surface area contributed by atoms with Crippen LogP contribution in [0.25, 0.3) is 0 Å². The van der Waals surface area contributed by atoms with E-state index in [1.807, 2.05) is 20.0 Å². The second-order valence-electron chi connectivity index (χ2n) is 5.81. The molecule has 3 rings (SSSR count). The number of anilines is 2. The molecule has 0 fully saturated rings. The molecule has 0 aliphatic heterocycles. The molecule has 2 heterocycles. The van der Waals surface area contributed by atoms with Gasteiger partial charge in [-0.2, -0.15) is 0 Å². The molecule has 27 heavy (non-hydrogen) atoms. The van der Waals surface area contributed by atoms with Gasteiger partial charge in [0.2, 0.25) is 5.91 Å². The summed E-state index contributed by atoms with van der Waals surface area (Å²) in [6.45, 7) is 1.93. The average molecular weight is 382 g/mol. The maximum Gasteiger partial charge on any atom is 0.256 e. The van der Waals surface area contributed by atoms with Gasteiger partial charge >= 0.3 is 0 Å². The van der Waals surface area contributed by atoms with Crippen molar-refractivity contribution in [1.82, 2.24) is 19.7 Å². The van der Waals surface area contributed by atoms with E-state index in [9.17, 15) is 9.59 Å². The monoisotopic (exact) mass is 382 g/mol. The highest BCUT2D eigenvalue weighted by atomic mass is 32.2. The Morgan fingerprint density at radius 2 is 1.93 bits per heavy atom. The predicted molar refractivity (Wildman–Crippen MR) is 104 cm³/mol. The van der Waals surface area contributed by atoms with Crippen LogP contribution in [0.1, 0.15) is 15.9 Å². The van der Waals surface area contributed by atoms with Gasteiger partial charge in [0.25, 0.3) is 5.91 Å². The molecule has 0 unspecified atom stereocenters. The molecule has 0 radical (unpaired) electrons. The Morgan fingerprint density at radius 3 is 2.59 bits per heavy atom. The van der Waals surface area contributed by atoms with E-state index >= 15 is 0 Å². The fourth-order valence-corrected chi connectivity index (χ4v) is 2.92. The second-order valence-corrected chi connectivity index (χ2v) is 6.75. The Bertz CT molecular complexity index is 954. The third-order valence-corrected chi connectivity index (χ3v) is 4.62. The zero-order valence-electron chi connectivity index (χ0n) is 14.8. The van der Waals surface area contributed by atoms with E-state index in [1.165, 1.54) is 11.8 Å². The zero-order valence-corrected chi connectivity index (χ0v) is 15.7. The summed E-state index contributed by atoms with van der Waals surface area (Å²) in [5.74, 6) is 0.291. The van der Waals surface area contributed by atoms with Crippen molar-refractivity contribution in [3.05, 3.63) is 60.0 Å². The predicted octanol–water partition coefficient (Wildman–Crippen LogP) is 2.50. The summed E-state index contributed by atoms with van der Waals surface area (Å²) in [6, 6.07) is 10.3. The number of hydrogen-bond acceptors (Lipinski definition) is 6. The SMILES string of the molecule is Cc1ccnc(NC(=O)c2ccc(NC(=O)CSc3nncn3C)cc2)c1. The lowest BCUT2D eigenvalue weighted by atomic mass is 10.2. The number of carbonyl (C=O) groups is 2. The topological polar surface area (TPSA) is 102 Å². The Balaban J connectivity index is 1.54. The van der Waals surface area contributed by atoms with Gasteiger partial charge in [0.15, 0.2) is 5.16 Å². The van der Waals surface area contributed by atoms with Gasteiger partial charge in [-0.3, -0.25) is 9.59 Å². The molecule has 0 aliphatic carbocycles. The average Bonchev–Trinajstić information content (AvgIpc) is 3.05. The maximum absolute atomic E-state index is 12.3. The third-order valence-electron chi connectivity index (χ3n) is 3.59. The van der Waals surface area contributed by atoms with Gasteiger partial charge in [0.1, 0.15) is 12.1 Å². The molecule has 9 heteroatoms. The fourth-order valence-electron chi connectivity index (χ4n) is 2.23. The minimum atomic E-state index is -0.260. The van der Waals surface area contributed by atoms with Crippen molar-refractivity contribution in [2.24, 2.45) is 7.05 Å². The van der Waals surface area contributed by atoms with Crippen molar-refractivity contribution in [3.63, 3.8) is 0 Å². The van der Waals surface area contributed by atoms with E-state index in [2.05, 4.69) is 25.8 Å². The van der Waals surface area contributed by atoms with E-state index in [4.69, 9.17) is 0 Å². The van der Waals surface area contributed by atoms with E-state index < -0.39 is 0 Å². The summed E-state index contributed by atoms with van der Waals surface area (Å²) in [4.78, 5) is 28.4. The first-order chi connectivity index (χ1) is 13.0. The molecular weight excluding hydrogens is 364 g/mol. The highest BCUT2D eigenvalue weighted by molar-refractivity contribution is 7.99. The normalized spacial score (nSPS) is 10.4. The van der Waals surface area contributed by atoms with Crippen molar-refractivity contribution in [2.75, 3.05) is 16.4 Å². The van der Waals surface area contributed by atoms with Gasteiger partial charge in [-0.1, -0.05) is 11.8 Å². The fraction of sp³-hybridized carbons (Fsp3) is 0.167. The molecule has 0 saturated carbocycles. The molecule has 2 amide bonds. The zero-order chi connectivity index (χ0) is 19.2. The molecule has 138 valence electrons. The molecular formula is C18H18N6O2S. The first-order valence-electron chi connectivity index (χ1n) is 8.12. The number of nitrogens with zero attached hydrogens (tertiary/aromatic N) is 4. The van der Waals surface area contributed by atoms with Gasteiger partial charge < -0.3 is 15.2 Å². The highest BCUT2D eigenvalue weighted by Crippen LogP contribution is 2.15. The highest BCUT2D eigenvalue weighted by Gasteiger charge is 2.09. The first-order valence-corrected chi connectivity index (χ1v) is 9.10. The number of rotatable bonds is 6. The molecule has 3 aromatic rings. The Hall–Kier alpha value is -3.20. The van der Waals surface area contributed by atoms with Gasteiger partial charge in [-0.05, 0) is 48.9 Å². The van der Waals surface area contributed by atoms with Crippen LogP contribution in [0.5, 0.6) is 0 Å². The largest absolute Gasteiger partial charge is 0.325 e. The first kappa shape index (κ1) is 18.6. The van der Waals surface area contributed by atoms with Crippen LogP contribution in [0.4, 0.5) is 11.5 Å². The summed E-state index contributed by atoms with van der Waals surface area (Å²) >= 11 is 1.30. The van der Waals surface area contributed by atoms with Gasteiger partial charge in [0.05, 0.1) is 5.75 Å². The molecule has 8 nitrogen and oxygen atoms in total. The smallest absolute Gasteiger partial charge is 0.256 e. The number of hydrogen-bond donors (Lipinski definition) is 2. The number of carbonyl (C=O) groups excluding carboxylic acids is 2. The van der Waals surface area contributed by atoms with Gasteiger partial charge in [-0.25, -0.2) is 4.98 Å².